The summed E-state index contributed by atoms with van der Waals surface area (Å²) in [4.78, 5) is 37.4. The molecule has 0 aromatic rings. The van der Waals surface area contributed by atoms with Gasteiger partial charge in [-0.3, -0.25) is 19.3 Å². The Labute approximate surface area is 94.4 Å². The smallest absolute Gasteiger partial charge is 0.229 e. The van der Waals surface area contributed by atoms with Crippen LogP contribution in [-0.2, 0) is 14.4 Å². The summed E-state index contributed by atoms with van der Waals surface area (Å²) in [6.07, 6.45) is 2.14. The predicted octanol–water partition coefficient (Wildman–Crippen LogP) is 0.146. The van der Waals surface area contributed by atoms with E-state index in [1.54, 1.807) is 11.8 Å². The van der Waals surface area contributed by atoms with Crippen molar-refractivity contribution in [3.63, 3.8) is 0 Å². The lowest BCUT2D eigenvalue weighted by Gasteiger charge is -2.35. The van der Waals surface area contributed by atoms with Crippen molar-refractivity contribution in [1.82, 2.24) is 9.80 Å². The zero-order valence-corrected chi connectivity index (χ0v) is 9.44. The number of nitrogens with zero attached hydrogens (tertiary/aromatic N) is 2. The molecule has 0 aliphatic carbocycles. The van der Waals surface area contributed by atoms with Gasteiger partial charge in [0.1, 0.15) is 0 Å². The van der Waals surface area contributed by atoms with E-state index in [-0.39, 0.29) is 23.8 Å². The normalized spacial score (nSPS) is 23.1. The summed E-state index contributed by atoms with van der Waals surface area (Å²) in [6, 6.07) is 0.0121. The maximum absolute atomic E-state index is 11.5. The zero-order chi connectivity index (χ0) is 11.7. The predicted molar refractivity (Wildman–Crippen MR) is 56.4 cm³/mol. The van der Waals surface area contributed by atoms with Gasteiger partial charge in [-0.05, 0) is 12.8 Å². The molecule has 5 nitrogen and oxygen atoms in total. The molecule has 2 rings (SSSR count). The second-order valence-corrected chi connectivity index (χ2v) is 4.39. The standard InChI is InChI=1S/C11H16N2O3/c1-8(14)12-6-4-9(5-7-12)13-10(15)2-3-11(13)16/h9H,2-7H2,1H3. The van der Waals surface area contributed by atoms with Crippen LogP contribution in [0.3, 0.4) is 0 Å². The molecule has 0 aromatic carbocycles. The number of hydrogen-bond donors (Lipinski definition) is 0. The average molecular weight is 224 g/mol. The first kappa shape index (κ1) is 11.1. The lowest BCUT2D eigenvalue weighted by molar-refractivity contribution is -0.142. The average Bonchev–Trinajstić information content (AvgIpc) is 2.59. The fraction of sp³-hybridized carbons (Fsp3) is 0.727. The topological polar surface area (TPSA) is 57.7 Å². The number of carbonyl (C=O) groups is 3. The van der Waals surface area contributed by atoms with Crippen molar-refractivity contribution in [2.24, 2.45) is 0 Å². The molecule has 0 atom stereocenters. The number of amides is 3. The van der Waals surface area contributed by atoms with Gasteiger partial charge in [-0.2, -0.15) is 0 Å². The highest BCUT2D eigenvalue weighted by atomic mass is 16.2. The number of piperidine rings is 1. The van der Waals surface area contributed by atoms with Gasteiger partial charge in [-0.15, -0.1) is 0 Å². The van der Waals surface area contributed by atoms with Gasteiger partial charge in [0.15, 0.2) is 0 Å². The Morgan fingerprint density at radius 3 is 2.06 bits per heavy atom. The largest absolute Gasteiger partial charge is 0.343 e. The van der Waals surface area contributed by atoms with Crippen molar-refractivity contribution < 1.29 is 14.4 Å². The molecule has 2 fully saturated rings. The van der Waals surface area contributed by atoms with Crippen molar-refractivity contribution in [2.45, 2.75) is 38.6 Å². The highest BCUT2D eigenvalue weighted by Crippen LogP contribution is 2.22. The minimum Gasteiger partial charge on any atom is -0.343 e. The monoisotopic (exact) mass is 224 g/mol. The molecule has 2 aliphatic heterocycles. The van der Waals surface area contributed by atoms with E-state index >= 15 is 0 Å². The van der Waals surface area contributed by atoms with Crippen LogP contribution in [0.2, 0.25) is 0 Å². The lowest BCUT2D eigenvalue weighted by Crippen LogP contribution is -2.48. The first-order valence-corrected chi connectivity index (χ1v) is 5.70. The van der Waals surface area contributed by atoms with Crippen molar-refractivity contribution in [3.05, 3.63) is 0 Å². The van der Waals surface area contributed by atoms with E-state index in [2.05, 4.69) is 0 Å². The van der Waals surface area contributed by atoms with E-state index in [4.69, 9.17) is 0 Å². The third-order valence-corrected chi connectivity index (χ3v) is 3.37. The molecular weight excluding hydrogens is 208 g/mol. The first-order valence-electron chi connectivity index (χ1n) is 5.70. The third kappa shape index (κ3) is 1.94. The number of imide groups is 1. The van der Waals surface area contributed by atoms with Crippen LogP contribution in [0.1, 0.15) is 32.6 Å². The highest BCUT2D eigenvalue weighted by molar-refractivity contribution is 6.02. The molecule has 0 bridgehead atoms. The van der Waals surface area contributed by atoms with Gasteiger partial charge < -0.3 is 4.90 Å². The van der Waals surface area contributed by atoms with Crippen molar-refractivity contribution >= 4 is 17.7 Å². The summed E-state index contributed by atoms with van der Waals surface area (Å²) in [5.41, 5.74) is 0. The van der Waals surface area contributed by atoms with Gasteiger partial charge in [0.2, 0.25) is 17.7 Å². The summed E-state index contributed by atoms with van der Waals surface area (Å²) in [5, 5.41) is 0. The van der Waals surface area contributed by atoms with Gasteiger partial charge >= 0.3 is 0 Å². The molecule has 0 aromatic heterocycles. The van der Waals surface area contributed by atoms with Crippen LogP contribution in [0.25, 0.3) is 0 Å². The SMILES string of the molecule is CC(=O)N1CCC(N2C(=O)CCC2=O)CC1. The van der Waals surface area contributed by atoms with Gasteiger partial charge in [-0.1, -0.05) is 0 Å². The Hall–Kier alpha value is -1.39. The molecule has 2 aliphatic rings. The van der Waals surface area contributed by atoms with Crippen molar-refractivity contribution in [1.29, 1.82) is 0 Å². The number of likely N-dealkylation sites (tertiary alicyclic amines) is 2. The van der Waals surface area contributed by atoms with Crippen LogP contribution >= 0.6 is 0 Å². The number of hydrogen-bond acceptors (Lipinski definition) is 3. The van der Waals surface area contributed by atoms with E-state index < -0.39 is 0 Å². The zero-order valence-electron chi connectivity index (χ0n) is 9.44. The molecule has 88 valence electrons. The summed E-state index contributed by atoms with van der Waals surface area (Å²) < 4.78 is 0. The van der Waals surface area contributed by atoms with Gasteiger partial charge in [0, 0.05) is 38.9 Å². The van der Waals surface area contributed by atoms with Crippen LogP contribution in [0.5, 0.6) is 0 Å². The Balaban J connectivity index is 1.96. The Morgan fingerprint density at radius 1 is 1.12 bits per heavy atom. The molecular formula is C11H16N2O3. The number of carbonyl (C=O) groups excluding carboxylic acids is 3. The summed E-state index contributed by atoms with van der Waals surface area (Å²) in [6.45, 7) is 2.85. The Kier molecular flexibility index (Phi) is 2.94. The third-order valence-electron chi connectivity index (χ3n) is 3.37. The van der Waals surface area contributed by atoms with Gasteiger partial charge in [0.25, 0.3) is 0 Å². The Morgan fingerprint density at radius 2 is 1.62 bits per heavy atom. The minimum atomic E-state index is -0.0497. The molecule has 0 N–H and O–H groups in total. The van der Waals surface area contributed by atoms with Crippen LogP contribution in [0, 0.1) is 0 Å². The van der Waals surface area contributed by atoms with Crippen LogP contribution < -0.4 is 0 Å². The van der Waals surface area contributed by atoms with E-state index in [0.717, 1.165) is 12.8 Å². The maximum atomic E-state index is 11.5. The minimum absolute atomic E-state index is 0.0121. The lowest BCUT2D eigenvalue weighted by atomic mass is 10.0. The van der Waals surface area contributed by atoms with Crippen molar-refractivity contribution in [2.75, 3.05) is 13.1 Å². The Bertz CT molecular complexity index is 316. The molecule has 0 saturated carbocycles. The maximum Gasteiger partial charge on any atom is 0.229 e. The second kappa shape index (κ2) is 4.23. The molecule has 0 unspecified atom stereocenters. The molecule has 3 amide bonds. The molecule has 5 heteroatoms. The number of rotatable bonds is 1. The van der Waals surface area contributed by atoms with E-state index in [9.17, 15) is 14.4 Å². The summed E-state index contributed by atoms with van der Waals surface area (Å²) >= 11 is 0. The molecule has 16 heavy (non-hydrogen) atoms. The molecule has 0 radical (unpaired) electrons. The quantitative estimate of drug-likeness (QED) is 0.595. The van der Waals surface area contributed by atoms with Crippen LogP contribution in [-0.4, -0.2) is 46.7 Å². The molecule has 2 saturated heterocycles. The van der Waals surface area contributed by atoms with Crippen LogP contribution in [0.15, 0.2) is 0 Å². The molecule has 0 spiro atoms. The van der Waals surface area contributed by atoms with Gasteiger partial charge in [-0.25, -0.2) is 0 Å². The first-order chi connectivity index (χ1) is 7.59. The van der Waals surface area contributed by atoms with Crippen molar-refractivity contribution in [3.8, 4) is 0 Å². The fourth-order valence-electron chi connectivity index (χ4n) is 2.44. The van der Waals surface area contributed by atoms with Crippen LogP contribution in [0.4, 0.5) is 0 Å². The van der Waals surface area contributed by atoms with E-state index in [1.165, 1.54) is 4.90 Å². The molecule has 2 heterocycles. The highest BCUT2D eigenvalue weighted by Gasteiger charge is 2.36. The summed E-state index contributed by atoms with van der Waals surface area (Å²) in [5.74, 6) is -0.0323. The fourth-order valence-corrected chi connectivity index (χ4v) is 2.44. The van der Waals surface area contributed by atoms with Gasteiger partial charge in [0.05, 0.1) is 0 Å². The second-order valence-electron chi connectivity index (χ2n) is 4.39. The van der Waals surface area contributed by atoms with E-state index in [1.807, 2.05) is 0 Å². The summed E-state index contributed by atoms with van der Waals surface area (Å²) in [7, 11) is 0. The van der Waals surface area contributed by atoms with E-state index in [0.29, 0.717) is 25.9 Å².